The molecule has 1 rings (SSSR count). The van der Waals surface area contributed by atoms with Gasteiger partial charge >= 0.3 is 5.69 Å². The highest BCUT2D eigenvalue weighted by atomic mass is 32.2. The topological polar surface area (TPSA) is 107 Å². The fraction of sp³-hybridized carbons (Fsp3) is 0.333. The zero-order valence-electron chi connectivity index (χ0n) is 9.54. The highest BCUT2D eigenvalue weighted by Crippen LogP contribution is 2.22. The molecule has 9 heteroatoms. The van der Waals surface area contributed by atoms with Gasteiger partial charge in [0.05, 0.1) is 9.82 Å². The van der Waals surface area contributed by atoms with Crippen molar-refractivity contribution in [1.29, 1.82) is 0 Å². The number of sulfonamides is 1. The van der Waals surface area contributed by atoms with Crippen LogP contribution in [0.25, 0.3) is 0 Å². The first-order chi connectivity index (χ1) is 8.30. The third-order valence-corrected chi connectivity index (χ3v) is 4.12. The van der Waals surface area contributed by atoms with Crippen molar-refractivity contribution < 1.29 is 17.7 Å². The molecule has 2 N–H and O–H groups in total. The molecular formula is C9H12FN3O4S. The zero-order valence-corrected chi connectivity index (χ0v) is 10.4. The molecule has 0 aliphatic heterocycles. The molecule has 1 aromatic carbocycles. The Morgan fingerprint density at radius 3 is 2.56 bits per heavy atom. The lowest BCUT2D eigenvalue weighted by atomic mass is 10.3. The average Bonchev–Trinajstić information content (AvgIpc) is 2.28. The molecule has 0 amide bonds. The van der Waals surface area contributed by atoms with Gasteiger partial charge in [-0.2, -0.15) is 8.70 Å². The highest BCUT2D eigenvalue weighted by Gasteiger charge is 2.23. The molecule has 0 spiro atoms. The van der Waals surface area contributed by atoms with Crippen LogP contribution in [0.3, 0.4) is 0 Å². The summed E-state index contributed by atoms with van der Waals surface area (Å²) < 4.78 is 38.1. The molecule has 0 aliphatic rings. The molecule has 0 fully saturated rings. The molecule has 0 heterocycles. The Morgan fingerprint density at radius 2 is 2.11 bits per heavy atom. The summed E-state index contributed by atoms with van der Waals surface area (Å²) >= 11 is 0. The van der Waals surface area contributed by atoms with E-state index in [0.29, 0.717) is 6.07 Å². The molecule has 0 unspecified atom stereocenters. The Hall–Kier alpha value is -1.58. The number of likely N-dealkylation sites (N-methyl/N-ethyl adjacent to an activating group) is 1. The second-order valence-electron chi connectivity index (χ2n) is 3.49. The van der Waals surface area contributed by atoms with Crippen LogP contribution in [0.15, 0.2) is 23.1 Å². The summed E-state index contributed by atoms with van der Waals surface area (Å²) in [4.78, 5) is 9.14. The van der Waals surface area contributed by atoms with Crippen LogP contribution in [0, 0.1) is 15.9 Å². The zero-order chi connectivity index (χ0) is 13.9. The maximum absolute atomic E-state index is 13.3. The molecule has 7 nitrogen and oxygen atoms in total. The molecule has 0 radical (unpaired) electrons. The van der Waals surface area contributed by atoms with E-state index in [1.807, 2.05) is 0 Å². The highest BCUT2D eigenvalue weighted by molar-refractivity contribution is 7.89. The molecule has 0 saturated heterocycles. The van der Waals surface area contributed by atoms with Gasteiger partial charge < -0.3 is 5.73 Å². The predicted octanol–water partition coefficient (Wildman–Crippen LogP) is 0.313. The fourth-order valence-electron chi connectivity index (χ4n) is 1.28. The van der Waals surface area contributed by atoms with Gasteiger partial charge in [-0.05, 0) is 6.07 Å². The van der Waals surface area contributed by atoms with Crippen molar-refractivity contribution in [2.24, 2.45) is 5.73 Å². The van der Waals surface area contributed by atoms with Gasteiger partial charge in [-0.25, -0.2) is 8.42 Å². The molecule has 1 aromatic rings. The minimum atomic E-state index is -3.88. The lowest BCUT2D eigenvalue weighted by Crippen LogP contribution is -2.31. The summed E-state index contributed by atoms with van der Waals surface area (Å²) in [5.41, 5.74) is 4.46. The number of halogens is 1. The number of nitro groups is 1. The first kappa shape index (κ1) is 14.5. The Labute approximate surface area is 103 Å². The van der Waals surface area contributed by atoms with Crippen LogP contribution in [-0.2, 0) is 10.0 Å². The normalized spacial score (nSPS) is 11.8. The van der Waals surface area contributed by atoms with Crippen LogP contribution in [0.2, 0.25) is 0 Å². The van der Waals surface area contributed by atoms with Gasteiger partial charge in [0.25, 0.3) is 0 Å². The van der Waals surface area contributed by atoms with Crippen LogP contribution >= 0.6 is 0 Å². The molecule has 0 bridgehead atoms. The Morgan fingerprint density at radius 1 is 1.50 bits per heavy atom. The summed E-state index contributed by atoms with van der Waals surface area (Å²) in [5, 5.41) is 10.4. The molecule has 18 heavy (non-hydrogen) atoms. The van der Waals surface area contributed by atoms with Gasteiger partial charge in [-0.1, -0.05) is 0 Å². The summed E-state index contributed by atoms with van der Waals surface area (Å²) in [7, 11) is -2.58. The Balaban J connectivity index is 3.19. The first-order valence-electron chi connectivity index (χ1n) is 4.91. The van der Waals surface area contributed by atoms with Gasteiger partial charge in [-0.3, -0.25) is 10.1 Å². The largest absolute Gasteiger partial charge is 0.329 e. The van der Waals surface area contributed by atoms with Crippen LogP contribution in [0.4, 0.5) is 10.1 Å². The van der Waals surface area contributed by atoms with E-state index in [1.54, 1.807) is 0 Å². The van der Waals surface area contributed by atoms with E-state index >= 15 is 0 Å². The van der Waals surface area contributed by atoms with Crippen LogP contribution in [-0.4, -0.2) is 37.8 Å². The Kier molecular flexibility index (Phi) is 4.33. The summed E-state index contributed by atoms with van der Waals surface area (Å²) in [6.45, 7) is 0.187. The number of hydrogen-bond donors (Lipinski definition) is 1. The second-order valence-corrected chi connectivity index (χ2v) is 5.53. The monoisotopic (exact) mass is 277 g/mol. The molecular weight excluding hydrogens is 265 g/mol. The van der Waals surface area contributed by atoms with Gasteiger partial charge in [-0.15, -0.1) is 0 Å². The third-order valence-electron chi connectivity index (χ3n) is 2.27. The van der Waals surface area contributed by atoms with Crippen molar-refractivity contribution >= 4 is 15.7 Å². The van der Waals surface area contributed by atoms with Crippen LogP contribution in [0.1, 0.15) is 0 Å². The Bertz CT molecular complexity index is 561. The molecule has 0 aromatic heterocycles. The van der Waals surface area contributed by atoms with Crippen molar-refractivity contribution in [1.82, 2.24) is 4.31 Å². The first-order valence-corrected chi connectivity index (χ1v) is 6.35. The predicted molar refractivity (Wildman–Crippen MR) is 61.9 cm³/mol. The number of benzene rings is 1. The molecule has 100 valence electrons. The third kappa shape index (κ3) is 2.81. The van der Waals surface area contributed by atoms with Gasteiger partial charge in [0.1, 0.15) is 0 Å². The average molecular weight is 277 g/mol. The maximum atomic E-state index is 13.3. The maximum Gasteiger partial charge on any atom is 0.304 e. The number of nitrogens with two attached hydrogens (primary N) is 1. The number of nitrogens with zero attached hydrogens (tertiary/aromatic N) is 2. The van der Waals surface area contributed by atoms with E-state index in [4.69, 9.17) is 5.73 Å². The van der Waals surface area contributed by atoms with Crippen molar-refractivity contribution in [2.75, 3.05) is 20.1 Å². The summed E-state index contributed by atoms with van der Waals surface area (Å²) in [5.74, 6) is -1.19. The van der Waals surface area contributed by atoms with E-state index in [1.165, 1.54) is 7.05 Å². The van der Waals surface area contributed by atoms with Crippen molar-refractivity contribution in [2.45, 2.75) is 4.90 Å². The van der Waals surface area contributed by atoms with Crippen molar-refractivity contribution in [3.63, 3.8) is 0 Å². The summed E-state index contributed by atoms with van der Waals surface area (Å²) in [6.07, 6.45) is 0. The van der Waals surface area contributed by atoms with Gasteiger partial charge in [0.15, 0.2) is 0 Å². The van der Waals surface area contributed by atoms with Crippen molar-refractivity contribution in [3.8, 4) is 0 Å². The van der Waals surface area contributed by atoms with E-state index < -0.39 is 26.5 Å². The van der Waals surface area contributed by atoms with Gasteiger partial charge in [0, 0.05) is 32.3 Å². The lowest BCUT2D eigenvalue weighted by Gasteiger charge is -2.15. The van der Waals surface area contributed by atoms with E-state index in [-0.39, 0.29) is 18.0 Å². The van der Waals surface area contributed by atoms with Crippen LogP contribution in [0.5, 0.6) is 0 Å². The van der Waals surface area contributed by atoms with Gasteiger partial charge in [0.2, 0.25) is 15.8 Å². The summed E-state index contributed by atoms with van der Waals surface area (Å²) in [6, 6.07) is 2.43. The SMILES string of the molecule is CN(CCN)S(=O)(=O)c1ccc([N+](=O)[O-])c(F)c1. The smallest absolute Gasteiger partial charge is 0.304 e. The van der Waals surface area contributed by atoms with E-state index in [9.17, 15) is 22.9 Å². The van der Waals surface area contributed by atoms with Crippen LogP contribution < -0.4 is 5.73 Å². The van der Waals surface area contributed by atoms with E-state index in [2.05, 4.69) is 0 Å². The number of hydrogen-bond acceptors (Lipinski definition) is 5. The second kappa shape index (κ2) is 5.38. The minimum absolute atomic E-state index is 0.0704. The van der Waals surface area contributed by atoms with Crippen molar-refractivity contribution in [3.05, 3.63) is 34.1 Å². The van der Waals surface area contributed by atoms with E-state index in [0.717, 1.165) is 16.4 Å². The quantitative estimate of drug-likeness (QED) is 0.616. The number of nitro benzene ring substituents is 1. The lowest BCUT2D eigenvalue weighted by molar-refractivity contribution is -0.387. The minimum Gasteiger partial charge on any atom is -0.329 e. The molecule has 0 saturated carbocycles. The number of rotatable bonds is 5. The molecule has 0 atom stereocenters. The molecule has 0 aliphatic carbocycles. The fourth-order valence-corrected chi connectivity index (χ4v) is 2.48. The standard InChI is InChI=1S/C9H12FN3O4S/c1-12(5-4-11)18(16,17)7-2-3-9(13(14)15)8(10)6-7/h2-3,6H,4-5,11H2,1H3.